The molecule has 0 saturated carbocycles. The van der Waals surface area contributed by atoms with Gasteiger partial charge in [-0.1, -0.05) is 6.07 Å². The van der Waals surface area contributed by atoms with E-state index in [0.717, 1.165) is 6.07 Å². The number of hydrogen-bond acceptors (Lipinski definition) is 7. The van der Waals surface area contributed by atoms with Crippen molar-refractivity contribution in [2.24, 2.45) is 0 Å². The van der Waals surface area contributed by atoms with Gasteiger partial charge in [-0.3, -0.25) is 0 Å². The van der Waals surface area contributed by atoms with Crippen LogP contribution in [0.2, 0.25) is 0 Å². The third kappa shape index (κ3) is 3.87. The maximum atomic E-state index is 12.7. The Labute approximate surface area is 151 Å². The first-order valence-corrected chi connectivity index (χ1v) is 7.43. The number of nitrogens with zero attached hydrogens (tertiary/aromatic N) is 4. The number of nitrogens with two attached hydrogens (primary N) is 2. The molecule has 2 heterocycles. The fourth-order valence-corrected chi connectivity index (χ4v) is 2.25. The molecule has 0 spiro atoms. The van der Waals surface area contributed by atoms with E-state index in [1.54, 1.807) is 12.1 Å². The second-order valence-corrected chi connectivity index (χ2v) is 5.29. The predicted octanol–water partition coefficient (Wildman–Crippen LogP) is 3.39. The minimum atomic E-state index is -4.57. The van der Waals surface area contributed by atoms with Crippen molar-refractivity contribution in [3.05, 3.63) is 53.7 Å². The average molecular weight is 372 g/mol. The van der Waals surface area contributed by atoms with Gasteiger partial charge in [0.15, 0.2) is 0 Å². The second kappa shape index (κ2) is 6.80. The van der Waals surface area contributed by atoms with Gasteiger partial charge in [-0.2, -0.15) is 23.4 Å². The highest BCUT2D eigenvalue weighted by Crippen LogP contribution is 2.31. The first kappa shape index (κ1) is 17.9. The molecule has 0 aliphatic rings. The highest BCUT2D eigenvalue weighted by molar-refractivity contribution is 5.73. The van der Waals surface area contributed by atoms with Gasteiger partial charge < -0.3 is 16.2 Å². The number of pyridine rings is 1. The number of halogens is 3. The summed E-state index contributed by atoms with van der Waals surface area (Å²) in [6.07, 6.45) is -4.57. The Balaban J connectivity index is 1.89. The Kier molecular flexibility index (Phi) is 4.51. The average Bonchev–Trinajstić information content (AvgIpc) is 2.61. The number of nitrogen functional groups attached to an aromatic ring is 2. The lowest BCUT2D eigenvalue weighted by Crippen LogP contribution is -2.07. The van der Waals surface area contributed by atoms with Crippen LogP contribution in [0.25, 0.3) is 11.3 Å². The first-order valence-electron chi connectivity index (χ1n) is 7.43. The molecule has 0 amide bonds. The highest BCUT2D eigenvalue weighted by atomic mass is 19.4. The smallest absolute Gasteiger partial charge is 0.433 e. The number of rotatable bonds is 3. The Morgan fingerprint density at radius 2 is 1.67 bits per heavy atom. The Morgan fingerprint density at radius 1 is 0.963 bits per heavy atom. The van der Waals surface area contributed by atoms with Crippen molar-refractivity contribution in [1.82, 2.24) is 15.0 Å². The minimum absolute atomic E-state index is 0.0477. The molecule has 0 aliphatic heterocycles. The SMILES string of the molecule is N#Cc1c(N)nc(N)nc1-c1ccc(Oc2cccc(C(F)(F)F)n2)cc1. The van der Waals surface area contributed by atoms with Crippen LogP contribution in [0.15, 0.2) is 42.5 Å². The van der Waals surface area contributed by atoms with Crippen LogP contribution in [0.4, 0.5) is 24.9 Å². The van der Waals surface area contributed by atoms with Gasteiger partial charge >= 0.3 is 6.18 Å². The van der Waals surface area contributed by atoms with E-state index in [-0.39, 0.29) is 34.7 Å². The maximum Gasteiger partial charge on any atom is 0.433 e. The second-order valence-electron chi connectivity index (χ2n) is 5.29. The quantitative estimate of drug-likeness (QED) is 0.722. The molecule has 136 valence electrons. The van der Waals surface area contributed by atoms with E-state index in [2.05, 4.69) is 15.0 Å². The lowest BCUT2D eigenvalue weighted by Gasteiger charge is -2.10. The minimum Gasteiger partial charge on any atom is -0.439 e. The van der Waals surface area contributed by atoms with Crippen LogP contribution >= 0.6 is 0 Å². The molecule has 3 rings (SSSR count). The first-order chi connectivity index (χ1) is 12.8. The fraction of sp³-hybridized carbons (Fsp3) is 0.0588. The van der Waals surface area contributed by atoms with Crippen LogP contribution in [0.1, 0.15) is 11.3 Å². The van der Waals surface area contributed by atoms with E-state index in [1.165, 1.54) is 24.3 Å². The van der Waals surface area contributed by atoms with E-state index < -0.39 is 11.9 Å². The van der Waals surface area contributed by atoms with Crippen molar-refractivity contribution < 1.29 is 17.9 Å². The van der Waals surface area contributed by atoms with Crippen molar-refractivity contribution >= 4 is 11.8 Å². The van der Waals surface area contributed by atoms with Gasteiger partial charge in [-0.15, -0.1) is 0 Å². The predicted molar refractivity (Wildman–Crippen MR) is 90.3 cm³/mol. The van der Waals surface area contributed by atoms with Crippen LogP contribution < -0.4 is 16.2 Å². The summed E-state index contributed by atoms with van der Waals surface area (Å²) in [5, 5.41) is 9.22. The molecule has 4 N–H and O–H groups in total. The number of alkyl halides is 3. The normalized spacial score (nSPS) is 11.0. The summed E-state index contributed by atoms with van der Waals surface area (Å²) in [5.41, 5.74) is 11.0. The van der Waals surface area contributed by atoms with Crippen molar-refractivity contribution in [3.8, 4) is 29.0 Å². The van der Waals surface area contributed by atoms with Gasteiger partial charge in [0.25, 0.3) is 0 Å². The topological polar surface area (TPSA) is 124 Å². The van der Waals surface area contributed by atoms with Gasteiger partial charge in [0, 0.05) is 11.6 Å². The molecule has 27 heavy (non-hydrogen) atoms. The molecule has 0 atom stereocenters. The number of aromatic nitrogens is 3. The number of ether oxygens (including phenoxy) is 1. The lowest BCUT2D eigenvalue weighted by molar-refractivity contribution is -0.141. The Morgan fingerprint density at radius 3 is 2.30 bits per heavy atom. The molecule has 0 unspecified atom stereocenters. The zero-order valence-corrected chi connectivity index (χ0v) is 13.5. The summed E-state index contributed by atoms with van der Waals surface area (Å²) >= 11 is 0. The third-order valence-corrected chi connectivity index (χ3v) is 3.43. The van der Waals surface area contributed by atoms with Crippen LogP contribution in [0.3, 0.4) is 0 Å². The molecule has 2 aromatic heterocycles. The van der Waals surface area contributed by atoms with Crippen molar-refractivity contribution in [2.75, 3.05) is 11.5 Å². The van der Waals surface area contributed by atoms with E-state index in [0.29, 0.717) is 5.56 Å². The Hall–Kier alpha value is -3.87. The molecule has 1 aromatic carbocycles. The van der Waals surface area contributed by atoms with Crippen LogP contribution in [-0.2, 0) is 6.18 Å². The number of benzene rings is 1. The van der Waals surface area contributed by atoms with E-state index in [9.17, 15) is 18.4 Å². The van der Waals surface area contributed by atoms with E-state index >= 15 is 0 Å². The molecule has 10 heteroatoms. The zero-order chi connectivity index (χ0) is 19.6. The molecule has 7 nitrogen and oxygen atoms in total. The molecular formula is C17H11F3N6O. The molecule has 0 saturated heterocycles. The summed E-state index contributed by atoms with van der Waals surface area (Å²) in [5.74, 6) is -0.0895. The van der Waals surface area contributed by atoms with Crippen LogP contribution in [0, 0.1) is 11.3 Å². The molecule has 0 aliphatic carbocycles. The third-order valence-electron chi connectivity index (χ3n) is 3.43. The summed E-state index contributed by atoms with van der Waals surface area (Å²) in [4.78, 5) is 11.2. The summed E-state index contributed by atoms with van der Waals surface area (Å²) in [6, 6.07) is 11.4. The molecule has 0 bridgehead atoms. The maximum absolute atomic E-state index is 12.7. The van der Waals surface area contributed by atoms with Crippen LogP contribution in [-0.4, -0.2) is 15.0 Å². The standard InChI is InChI=1S/C17H11F3N6O/c18-17(19,20)12-2-1-3-13(24-12)27-10-6-4-9(5-7-10)14-11(8-21)15(22)26-16(23)25-14/h1-7H,(H4,22,23,25,26). The largest absolute Gasteiger partial charge is 0.439 e. The van der Waals surface area contributed by atoms with Crippen molar-refractivity contribution in [1.29, 1.82) is 5.26 Å². The molecule has 0 radical (unpaired) electrons. The number of anilines is 2. The van der Waals surface area contributed by atoms with E-state index in [4.69, 9.17) is 16.2 Å². The molecule has 3 aromatic rings. The number of nitriles is 1. The fourth-order valence-electron chi connectivity index (χ4n) is 2.25. The summed E-state index contributed by atoms with van der Waals surface area (Å²) < 4.78 is 43.5. The lowest BCUT2D eigenvalue weighted by atomic mass is 10.1. The van der Waals surface area contributed by atoms with Crippen molar-refractivity contribution in [3.63, 3.8) is 0 Å². The summed E-state index contributed by atoms with van der Waals surface area (Å²) in [7, 11) is 0. The zero-order valence-electron chi connectivity index (χ0n) is 13.5. The van der Waals surface area contributed by atoms with Gasteiger partial charge in [0.05, 0.1) is 5.69 Å². The van der Waals surface area contributed by atoms with Gasteiger partial charge in [-0.25, -0.2) is 9.97 Å². The molecule has 0 fully saturated rings. The van der Waals surface area contributed by atoms with E-state index in [1.807, 2.05) is 6.07 Å². The van der Waals surface area contributed by atoms with Gasteiger partial charge in [0.1, 0.15) is 28.9 Å². The summed E-state index contributed by atoms with van der Waals surface area (Å²) in [6.45, 7) is 0. The Bertz CT molecular complexity index is 1030. The number of hydrogen-bond donors (Lipinski definition) is 2. The van der Waals surface area contributed by atoms with Gasteiger partial charge in [0.2, 0.25) is 11.8 Å². The monoisotopic (exact) mass is 372 g/mol. The highest BCUT2D eigenvalue weighted by Gasteiger charge is 2.32. The van der Waals surface area contributed by atoms with Crippen LogP contribution in [0.5, 0.6) is 11.6 Å². The van der Waals surface area contributed by atoms with Gasteiger partial charge in [-0.05, 0) is 30.3 Å². The van der Waals surface area contributed by atoms with Crippen molar-refractivity contribution in [2.45, 2.75) is 6.18 Å². The molecular weight excluding hydrogens is 361 g/mol.